The largest absolute Gasteiger partial charge is 0.493 e. The number of hydrogen-bond donors (Lipinski definition) is 2. The molecular weight excluding hydrogens is 342 g/mol. The number of aromatic nitrogens is 2. The SMILES string of the molecule is CCc1ccccc1N=Cc1c(O)n(-c2cc(C)ccc2C)c(=O)[nH]c1=O. The molecule has 0 aliphatic heterocycles. The predicted molar refractivity (Wildman–Crippen MR) is 107 cm³/mol. The van der Waals surface area contributed by atoms with Crippen molar-refractivity contribution in [3.05, 3.63) is 85.6 Å². The minimum Gasteiger partial charge on any atom is -0.493 e. The lowest BCUT2D eigenvalue weighted by Crippen LogP contribution is -2.31. The van der Waals surface area contributed by atoms with Crippen molar-refractivity contribution in [1.29, 1.82) is 0 Å². The van der Waals surface area contributed by atoms with Crippen LogP contribution in [-0.4, -0.2) is 20.9 Å². The number of aliphatic imine (C=N–C) groups is 1. The number of nitrogens with zero attached hydrogens (tertiary/aromatic N) is 2. The third-order valence-electron chi connectivity index (χ3n) is 4.43. The van der Waals surface area contributed by atoms with Crippen molar-refractivity contribution in [3.8, 4) is 11.6 Å². The van der Waals surface area contributed by atoms with Gasteiger partial charge in [-0.2, -0.15) is 0 Å². The Labute approximate surface area is 156 Å². The van der Waals surface area contributed by atoms with E-state index in [4.69, 9.17) is 0 Å². The Morgan fingerprint density at radius 3 is 2.63 bits per heavy atom. The number of para-hydroxylation sites is 1. The number of H-pyrrole nitrogens is 1. The molecule has 0 radical (unpaired) electrons. The maximum Gasteiger partial charge on any atom is 0.335 e. The smallest absolute Gasteiger partial charge is 0.335 e. The minimum atomic E-state index is -0.697. The molecule has 27 heavy (non-hydrogen) atoms. The highest BCUT2D eigenvalue weighted by Crippen LogP contribution is 2.22. The van der Waals surface area contributed by atoms with Crippen molar-refractivity contribution >= 4 is 11.9 Å². The lowest BCUT2D eigenvalue weighted by atomic mass is 10.1. The molecule has 0 atom stereocenters. The summed E-state index contributed by atoms with van der Waals surface area (Å²) in [7, 11) is 0. The number of rotatable bonds is 4. The molecule has 2 aromatic carbocycles. The van der Waals surface area contributed by atoms with Gasteiger partial charge in [0.15, 0.2) is 0 Å². The van der Waals surface area contributed by atoms with Crippen molar-refractivity contribution in [2.75, 3.05) is 0 Å². The number of hydrogen-bond acceptors (Lipinski definition) is 4. The Morgan fingerprint density at radius 2 is 1.89 bits per heavy atom. The van der Waals surface area contributed by atoms with E-state index in [2.05, 4.69) is 9.98 Å². The summed E-state index contributed by atoms with van der Waals surface area (Å²) in [6.45, 7) is 5.73. The van der Waals surface area contributed by atoms with Crippen LogP contribution in [0.4, 0.5) is 5.69 Å². The van der Waals surface area contributed by atoms with Crippen molar-refractivity contribution in [1.82, 2.24) is 9.55 Å². The summed E-state index contributed by atoms with van der Waals surface area (Å²) in [6.07, 6.45) is 2.08. The van der Waals surface area contributed by atoms with Gasteiger partial charge >= 0.3 is 5.69 Å². The van der Waals surface area contributed by atoms with Crippen molar-refractivity contribution in [2.24, 2.45) is 4.99 Å². The molecule has 3 rings (SSSR count). The maximum absolute atomic E-state index is 12.4. The summed E-state index contributed by atoms with van der Waals surface area (Å²) in [5.74, 6) is -0.435. The van der Waals surface area contributed by atoms with Gasteiger partial charge in [0.1, 0.15) is 5.56 Å². The van der Waals surface area contributed by atoms with Crippen LogP contribution in [-0.2, 0) is 6.42 Å². The Bertz CT molecular complexity index is 1140. The van der Waals surface area contributed by atoms with Gasteiger partial charge in [-0.15, -0.1) is 0 Å². The second-order valence-electron chi connectivity index (χ2n) is 6.36. The van der Waals surface area contributed by atoms with Gasteiger partial charge in [0, 0.05) is 6.21 Å². The highest BCUT2D eigenvalue weighted by Gasteiger charge is 2.16. The van der Waals surface area contributed by atoms with E-state index in [1.165, 1.54) is 6.21 Å². The zero-order valence-corrected chi connectivity index (χ0v) is 15.5. The summed E-state index contributed by atoms with van der Waals surface area (Å²) in [5, 5.41) is 10.7. The normalized spacial score (nSPS) is 11.2. The highest BCUT2D eigenvalue weighted by atomic mass is 16.3. The summed E-state index contributed by atoms with van der Waals surface area (Å²) >= 11 is 0. The van der Waals surface area contributed by atoms with Gasteiger partial charge in [0.2, 0.25) is 5.88 Å². The van der Waals surface area contributed by atoms with Crippen LogP contribution in [0.5, 0.6) is 5.88 Å². The van der Waals surface area contributed by atoms with Crippen LogP contribution in [0.15, 0.2) is 57.0 Å². The van der Waals surface area contributed by atoms with E-state index in [0.29, 0.717) is 11.4 Å². The first kappa shape index (κ1) is 18.4. The number of aromatic hydroxyl groups is 1. The standard InChI is InChI=1S/C21H21N3O3/c1-4-15-7-5-6-8-17(15)22-12-16-19(25)23-21(27)24(20(16)26)18-11-13(2)9-10-14(18)3/h5-12,26H,4H2,1-3H3,(H,23,25,27). The van der Waals surface area contributed by atoms with E-state index in [9.17, 15) is 14.7 Å². The van der Waals surface area contributed by atoms with Crippen LogP contribution in [0, 0.1) is 13.8 Å². The van der Waals surface area contributed by atoms with Crippen LogP contribution < -0.4 is 11.2 Å². The van der Waals surface area contributed by atoms with Gasteiger partial charge in [-0.25, -0.2) is 9.36 Å². The molecule has 0 unspecified atom stereocenters. The molecule has 0 fully saturated rings. The van der Waals surface area contributed by atoms with Gasteiger partial charge in [-0.3, -0.25) is 14.8 Å². The van der Waals surface area contributed by atoms with Gasteiger partial charge in [0.05, 0.1) is 11.4 Å². The molecule has 0 aliphatic rings. The first-order valence-corrected chi connectivity index (χ1v) is 8.70. The number of aryl methyl sites for hydroxylation is 3. The topological polar surface area (TPSA) is 87.4 Å². The highest BCUT2D eigenvalue weighted by molar-refractivity contribution is 5.84. The monoisotopic (exact) mass is 363 g/mol. The van der Waals surface area contributed by atoms with Gasteiger partial charge < -0.3 is 5.11 Å². The Morgan fingerprint density at radius 1 is 1.15 bits per heavy atom. The van der Waals surface area contributed by atoms with Gasteiger partial charge in [-0.05, 0) is 49.1 Å². The Balaban J connectivity index is 2.18. The Hall–Kier alpha value is -3.41. The van der Waals surface area contributed by atoms with Crippen molar-refractivity contribution in [2.45, 2.75) is 27.2 Å². The zero-order valence-electron chi connectivity index (χ0n) is 15.5. The van der Waals surface area contributed by atoms with Crippen LogP contribution in [0.1, 0.15) is 29.2 Å². The fourth-order valence-corrected chi connectivity index (χ4v) is 2.91. The van der Waals surface area contributed by atoms with E-state index in [0.717, 1.165) is 27.7 Å². The first-order chi connectivity index (χ1) is 12.9. The molecule has 0 saturated carbocycles. The van der Waals surface area contributed by atoms with E-state index in [1.54, 1.807) is 6.07 Å². The number of aromatic amines is 1. The molecule has 0 saturated heterocycles. The average Bonchev–Trinajstić information content (AvgIpc) is 2.64. The molecule has 0 amide bonds. The van der Waals surface area contributed by atoms with Crippen molar-refractivity contribution < 1.29 is 5.11 Å². The van der Waals surface area contributed by atoms with E-state index >= 15 is 0 Å². The summed E-state index contributed by atoms with van der Waals surface area (Å²) in [5.41, 5.74) is 2.52. The fourth-order valence-electron chi connectivity index (χ4n) is 2.91. The van der Waals surface area contributed by atoms with E-state index < -0.39 is 17.1 Å². The van der Waals surface area contributed by atoms with Crippen molar-refractivity contribution in [3.63, 3.8) is 0 Å². The molecule has 0 bridgehead atoms. The lowest BCUT2D eigenvalue weighted by molar-refractivity contribution is 0.430. The number of nitrogens with one attached hydrogen (secondary N) is 1. The lowest BCUT2D eigenvalue weighted by Gasteiger charge is -2.13. The Kier molecular flexibility index (Phi) is 5.07. The molecule has 138 valence electrons. The zero-order chi connectivity index (χ0) is 19.6. The van der Waals surface area contributed by atoms with Crippen LogP contribution in [0.25, 0.3) is 5.69 Å². The molecule has 0 aliphatic carbocycles. The quantitative estimate of drug-likeness (QED) is 0.698. The molecular formula is C21H21N3O3. The average molecular weight is 363 g/mol. The van der Waals surface area contributed by atoms with E-state index in [1.807, 2.05) is 57.2 Å². The molecule has 6 heteroatoms. The maximum atomic E-state index is 12.4. The third kappa shape index (κ3) is 3.60. The van der Waals surface area contributed by atoms with Crippen LogP contribution in [0.3, 0.4) is 0 Å². The predicted octanol–water partition coefficient (Wildman–Crippen LogP) is 3.16. The second-order valence-corrected chi connectivity index (χ2v) is 6.36. The summed E-state index contributed by atoms with van der Waals surface area (Å²) in [6, 6.07) is 13.1. The summed E-state index contributed by atoms with van der Waals surface area (Å²) in [4.78, 5) is 31.2. The molecule has 1 heterocycles. The fraction of sp³-hybridized carbons (Fsp3) is 0.190. The second kappa shape index (κ2) is 7.45. The van der Waals surface area contributed by atoms with Crippen LogP contribution in [0.2, 0.25) is 0 Å². The van der Waals surface area contributed by atoms with Crippen LogP contribution >= 0.6 is 0 Å². The molecule has 1 aromatic heterocycles. The van der Waals surface area contributed by atoms with Gasteiger partial charge in [0.25, 0.3) is 5.56 Å². The molecule has 0 spiro atoms. The van der Waals surface area contributed by atoms with E-state index in [-0.39, 0.29) is 5.56 Å². The summed E-state index contributed by atoms with van der Waals surface area (Å²) < 4.78 is 1.09. The molecule has 2 N–H and O–H groups in total. The minimum absolute atomic E-state index is 0.0681. The van der Waals surface area contributed by atoms with Gasteiger partial charge in [-0.1, -0.05) is 37.3 Å². The molecule has 6 nitrogen and oxygen atoms in total. The first-order valence-electron chi connectivity index (χ1n) is 8.70. The number of benzene rings is 2. The molecule has 3 aromatic rings. The third-order valence-corrected chi connectivity index (χ3v) is 4.43.